The summed E-state index contributed by atoms with van der Waals surface area (Å²) in [5, 5.41) is 10.9. The standard InChI is InChI=1S/C14H15NO2/c1-4-12(16)13-14(17)9(3)10-7-8(2)5-6-11(10)15-13/h5-7,17H,4H2,1-3H3. The van der Waals surface area contributed by atoms with E-state index >= 15 is 0 Å². The van der Waals surface area contributed by atoms with E-state index in [1.807, 2.05) is 32.0 Å². The molecule has 0 saturated carbocycles. The molecule has 0 saturated heterocycles. The summed E-state index contributed by atoms with van der Waals surface area (Å²) in [6, 6.07) is 5.80. The highest BCUT2D eigenvalue weighted by Crippen LogP contribution is 2.29. The average Bonchev–Trinajstić information content (AvgIpc) is 2.33. The zero-order chi connectivity index (χ0) is 12.6. The van der Waals surface area contributed by atoms with Crippen LogP contribution in [0.1, 0.15) is 35.0 Å². The molecule has 2 aromatic rings. The van der Waals surface area contributed by atoms with Gasteiger partial charge in [-0.1, -0.05) is 18.6 Å². The van der Waals surface area contributed by atoms with Gasteiger partial charge in [0.1, 0.15) is 11.4 Å². The first-order valence-corrected chi connectivity index (χ1v) is 5.67. The van der Waals surface area contributed by atoms with Crippen molar-refractivity contribution in [3.8, 4) is 5.75 Å². The second kappa shape index (κ2) is 4.17. The van der Waals surface area contributed by atoms with Crippen LogP contribution in [0.2, 0.25) is 0 Å². The lowest BCUT2D eigenvalue weighted by Gasteiger charge is -2.09. The number of rotatable bonds is 2. The Hall–Kier alpha value is -1.90. The summed E-state index contributed by atoms with van der Waals surface area (Å²) in [7, 11) is 0. The van der Waals surface area contributed by atoms with Gasteiger partial charge in [-0.3, -0.25) is 4.79 Å². The molecule has 88 valence electrons. The SMILES string of the molecule is CCC(=O)c1nc2ccc(C)cc2c(C)c1O. The van der Waals surface area contributed by atoms with Crippen molar-refractivity contribution in [2.75, 3.05) is 0 Å². The fourth-order valence-corrected chi connectivity index (χ4v) is 1.89. The molecule has 0 aliphatic carbocycles. The quantitative estimate of drug-likeness (QED) is 0.805. The summed E-state index contributed by atoms with van der Waals surface area (Å²) in [5.74, 6) is -0.122. The first kappa shape index (κ1) is 11.6. The molecule has 1 heterocycles. The van der Waals surface area contributed by atoms with E-state index in [9.17, 15) is 9.90 Å². The van der Waals surface area contributed by atoms with Gasteiger partial charge in [0.25, 0.3) is 0 Å². The van der Waals surface area contributed by atoms with Crippen molar-refractivity contribution in [1.82, 2.24) is 4.98 Å². The van der Waals surface area contributed by atoms with Crippen LogP contribution < -0.4 is 0 Å². The van der Waals surface area contributed by atoms with Crippen LogP contribution in [0.4, 0.5) is 0 Å². The van der Waals surface area contributed by atoms with Crippen LogP contribution in [0.15, 0.2) is 18.2 Å². The molecule has 0 amide bonds. The molecule has 17 heavy (non-hydrogen) atoms. The Labute approximate surface area is 100 Å². The first-order valence-electron chi connectivity index (χ1n) is 5.67. The van der Waals surface area contributed by atoms with Gasteiger partial charge in [0.2, 0.25) is 0 Å². The lowest BCUT2D eigenvalue weighted by Crippen LogP contribution is -2.03. The lowest BCUT2D eigenvalue weighted by molar-refractivity contribution is 0.0981. The second-order valence-electron chi connectivity index (χ2n) is 4.23. The second-order valence-corrected chi connectivity index (χ2v) is 4.23. The summed E-state index contributed by atoms with van der Waals surface area (Å²) in [6.07, 6.45) is 0.345. The summed E-state index contributed by atoms with van der Waals surface area (Å²) in [4.78, 5) is 15.9. The number of aryl methyl sites for hydroxylation is 2. The minimum Gasteiger partial charge on any atom is -0.505 e. The van der Waals surface area contributed by atoms with Crippen LogP contribution in [-0.4, -0.2) is 15.9 Å². The normalized spacial score (nSPS) is 10.8. The number of fused-ring (bicyclic) bond motifs is 1. The van der Waals surface area contributed by atoms with Crippen LogP contribution in [0.3, 0.4) is 0 Å². The van der Waals surface area contributed by atoms with Gasteiger partial charge in [0.05, 0.1) is 5.52 Å². The Balaban J connectivity index is 2.79. The number of ketones is 1. The van der Waals surface area contributed by atoms with E-state index in [4.69, 9.17) is 0 Å². The molecule has 1 aromatic carbocycles. The molecule has 0 radical (unpaired) electrons. The summed E-state index contributed by atoms with van der Waals surface area (Å²) >= 11 is 0. The van der Waals surface area contributed by atoms with E-state index < -0.39 is 0 Å². The Morgan fingerprint density at radius 3 is 2.71 bits per heavy atom. The van der Waals surface area contributed by atoms with Gasteiger partial charge < -0.3 is 5.11 Å². The third-order valence-electron chi connectivity index (χ3n) is 2.95. The van der Waals surface area contributed by atoms with Gasteiger partial charge >= 0.3 is 0 Å². The first-order chi connectivity index (χ1) is 8.04. The number of carbonyl (C=O) groups is 1. The number of Topliss-reactive ketones (excluding diaryl/α,β-unsaturated/α-hetero) is 1. The molecule has 0 bridgehead atoms. The molecule has 0 aliphatic heterocycles. The maximum Gasteiger partial charge on any atom is 0.184 e. The van der Waals surface area contributed by atoms with Crippen molar-refractivity contribution in [3.05, 3.63) is 35.0 Å². The lowest BCUT2D eigenvalue weighted by atomic mass is 10.0. The highest BCUT2D eigenvalue weighted by atomic mass is 16.3. The monoisotopic (exact) mass is 229 g/mol. The predicted octanol–water partition coefficient (Wildman–Crippen LogP) is 3.15. The van der Waals surface area contributed by atoms with Crippen molar-refractivity contribution >= 4 is 16.7 Å². The van der Waals surface area contributed by atoms with Gasteiger partial charge in [0, 0.05) is 17.4 Å². The average molecular weight is 229 g/mol. The number of pyridine rings is 1. The van der Waals surface area contributed by atoms with E-state index in [0.717, 1.165) is 22.0 Å². The third-order valence-corrected chi connectivity index (χ3v) is 2.95. The number of carbonyl (C=O) groups excluding carboxylic acids is 1. The fraction of sp³-hybridized carbons (Fsp3) is 0.286. The van der Waals surface area contributed by atoms with E-state index in [0.29, 0.717) is 6.42 Å². The highest BCUT2D eigenvalue weighted by molar-refractivity contribution is 6.00. The van der Waals surface area contributed by atoms with Crippen molar-refractivity contribution in [2.24, 2.45) is 0 Å². The molecule has 0 aliphatic rings. The predicted molar refractivity (Wildman–Crippen MR) is 67.5 cm³/mol. The Kier molecular flexibility index (Phi) is 2.84. The van der Waals surface area contributed by atoms with Crippen molar-refractivity contribution in [2.45, 2.75) is 27.2 Å². The number of aromatic nitrogens is 1. The molecule has 0 unspecified atom stereocenters. The Morgan fingerprint density at radius 2 is 2.06 bits per heavy atom. The van der Waals surface area contributed by atoms with Crippen molar-refractivity contribution in [3.63, 3.8) is 0 Å². The molecule has 1 N–H and O–H groups in total. The van der Waals surface area contributed by atoms with Crippen molar-refractivity contribution in [1.29, 1.82) is 0 Å². The smallest absolute Gasteiger partial charge is 0.184 e. The van der Waals surface area contributed by atoms with E-state index in [1.54, 1.807) is 6.92 Å². The van der Waals surface area contributed by atoms with Crippen LogP contribution in [0, 0.1) is 13.8 Å². The van der Waals surface area contributed by atoms with Gasteiger partial charge in [-0.15, -0.1) is 0 Å². The zero-order valence-corrected chi connectivity index (χ0v) is 10.2. The minimum absolute atomic E-state index is 0.00921. The summed E-state index contributed by atoms with van der Waals surface area (Å²) < 4.78 is 0. The molecular formula is C14H15NO2. The van der Waals surface area contributed by atoms with Crippen molar-refractivity contribution < 1.29 is 9.90 Å². The highest BCUT2D eigenvalue weighted by Gasteiger charge is 2.16. The van der Waals surface area contributed by atoms with Gasteiger partial charge in [-0.2, -0.15) is 0 Å². The fourth-order valence-electron chi connectivity index (χ4n) is 1.89. The van der Waals surface area contributed by atoms with Crippen LogP contribution >= 0.6 is 0 Å². The number of benzene rings is 1. The van der Waals surface area contributed by atoms with E-state index in [1.165, 1.54) is 0 Å². The molecule has 1 aromatic heterocycles. The Morgan fingerprint density at radius 1 is 1.35 bits per heavy atom. The third kappa shape index (κ3) is 1.88. The number of aromatic hydroxyl groups is 1. The summed E-state index contributed by atoms with van der Waals surface area (Å²) in [5.41, 5.74) is 2.76. The molecule has 2 rings (SSSR count). The van der Waals surface area contributed by atoms with Crippen LogP contribution in [0.25, 0.3) is 10.9 Å². The number of nitrogens with zero attached hydrogens (tertiary/aromatic N) is 1. The molecular weight excluding hydrogens is 214 g/mol. The summed E-state index contributed by atoms with van der Waals surface area (Å²) in [6.45, 7) is 5.56. The van der Waals surface area contributed by atoms with Gasteiger partial charge in [0.15, 0.2) is 5.78 Å². The largest absolute Gasteiger partial charge is 0.505 e. The molecule has 3 heteroatoms. The molecule has 0 spiro atoms. The number of hydrogen-bond donors (Lipinski definition) is 1. The van der Waals surface area contributed by atoms with Crippen LogP contribution in [-0.2, 0) is 0 Å². The van der Waals surface area contributed by atoms with E-state index in [-0.39, 0.29) is 17.2 Å². The maximum atomic E-state index is 11.7. The Bertz CT molecular complexity index is 603. The topological polar surface area (TPSA) is 50.2 Å². The van der Waals surface area contributed by atoms with E-state index in [2.05, 4.69) is 4.98 Å². The maximum absolute atomic E-state index is 11.7. The molecule has 0 fully saturated rings. The minimum atomic E-state index is -0.131. The van der Waals surface area contributed by atoms with Crippen LogP contribution in [0.5, 0.6) is 5.75 Å². The number of hydrogen-bond acceptors (Lipinski definition) is 3. The molecule has 0 atom stereocenters. The van der Waals surface area contributed by atoms with Gasteiger partial charge in [-0.25, -0.2) is 4.98 Å². The zero-order valence-electron chi connectivity index (χ0n) is 10.2. The van der Waals surface area contributed by atoms with Gasteiger partial charge in [-0.05, 0) is 26.0 Å². The molecule has 3 nitrogen and oxygen atoms in total.